The van der Waals surface area contributed by atoms with Crippen molar-refractivity contribution in [3.8, 4) is 16.9 Å². The van der Waals surface area contributed by atoms with Crippen LogP contribution < -0.4 is 16.3 Å². The van der Waals surface area contributed by atoms with E-state index < -0.39 is 17.3 Å². The lowest BCUT2D eigenvalue weighted by Gasteiger charge is -2.44. The number of fused-ring (bicyclic) bond motifs is 1. The highest BCUT2D eigenvalue weighted by Gasteiger charge is 2.34. The molecule has 1 aliphatic rings. The molecular weight excluding hydrogens is 540 g/mol. The molecule has 218 valence electrons. The molecule has 0 saturated carbocycles. The fraction of sp³-hybridized carbons (Fsp3) is 0.323. The zero-order valence-corrected chi connectivity index (χ0v) is 24.2. The summed E-state index contributed by atoms with van der Waals surface area (Å²) in [5, 5.41) is 0.265. The molecule has 4 aromatic rings. The van der Waals surface area contributed by atoms with Crippen LogP contribution in [0.5, 0.6) is 0 Å². The molecule has 0 radical (unpaired) electrons. The van der Waals surface area contributed by atoms with Gasteiger partial charge in [-0.15, -0.1) is 0 Å². The molecule has 1 amide bonds. The Hall–Kier alpha value is -4.67. The lowest BCUT2D eigenvalue weighted by Crippen LogP contribution is -2.58. The number of nitrogen functional groups attached to an aromatic ring is 1. The van der Waals surface area contributed by atoms with E-state index in [0.717, 1.165) is 0 Å². The Morgan fingerprint density at radius 2 is 1.74 bits per heavy atom. The van der Waals surface area contributed by atoms with Gasteiger partial charge in [-0.2, -0.15) is 4.98 Å². The van der Waals surface area contributed by atoms with E-state index in [1.54, 1.807) is 24.0 Å². The van der Waals surface area contributed by atoms with Gasteiger partial charge >= 0.3 is 5.69 Å². The highest BCUT2D eigenvalue weighted by Crippen LogP contribution is 2.34. The van der Waals surface area contributed by atoms with Crippen LogP contribution in [0.25, 0.3) is 28.0 Å². The number of anilines is 2. The zero-order valence-electron chi connectivity index (χ0n) is 24.2. The molecule has 42 heavy (non-hydrogen) atoms. The lowest BCUT2D eigenvalue weighted by molar-refractivity contribution is -0.130. The summed E-state index contributed by atoms with van der Waals surface area (Å²) in [7, 11) is 0. The molecule has 9 nitrogen and oxygen atoms in total. The second-order valence-corrected chi connectivity index (χ2v) is 11.0. The third kappa shape index (κ3) is 4.88. The Bertz CT molecular complexity index is 1770. The first kappa shape index (κ1) is 28.8. The predicted molar refractivity (Wildman–Crippen MR) is 160 cm³/mol. The van der Waals surface area contributed by atoms with Gasteiger partial charge in [0.1, 0.15) is 29.0 Å². The van der Waals surface area contributed by atoms with Crippen LogP contribution in [-0.2, 0) is 4.79 Å². The molecule has 5 rings (SSSR count). The van der Waals surface area contributed by atoms with Crippen LogP contribution in [0.3, 0.4) is 0 Å². The third-order valence-corrected chi connectivity index (χ3v) is 7.58. The Kier molecular flexibility index (Phi) is 7.53. The zero-order chi connectivity index (χ0) is 30.5. The predicted octanol–water partition coefficient (Wildman–Crippen LogP) is 4.75. The van der Waals surface area contributed by atoms with Crippen LogP contribution in [0.15, 0.2) is 53.8 Å². The second-order valence-electron chi connectivity index (χ2n) is 11.0. The molecule has 0 bridgehead atoms. The lowest BCUT2D eigenvalue weighted by atomic mass is 10.0. The van der Waals surface area contributed by atoms with E-state index in [4.69, 9.17) is 5.73 Å². The van der Waals surface area contributed by atoms with Crippen molar-refractivity contribution < 1.29 is 13.6 Å². The number of benzene rings is 1. The average Bonchev–Trinajstić information content (AvgIpc) is 2.92. The number of hydrogen-bond donors (Lipinski definition) is 1. The molecule has 0 unspecified atom stereocenters. The number of halogens is 2. The average molecular weight is 574 g/mol. The van der Waals surface area contributed by atoms with E-state index in [0.29, 0.717) is 35.9 Å². The largest absolute Gasteiger partial charge is 0.384 e. The Morgan fingerprint density at radius 3 is 2.36 bits per heavy atom. The number of hydrogen-bond acceptors (Lipinski definition) is 7. The minimum Gasteiger partial charge on any atom is -0.384 e. The molecule has 11 heteroatoms. The molecule has 0 aliphatic carbocycles. The fourth-order valence-corrected chi connectivity index (χ4v) is 5.84. The van der Waals surface area contributed by atoms with E-state index in [1.165, 1.54) is 34.9 Å². The van der Waals surface area contributed by atoms with Crippen molar-refractivity contribution in [3.05, 3.63) is 82.4 Å². The van der Waals surface area contributed by atoms with Crippen molar-refractivity contribution in [1.82, 2.24) is 24.4 Å². The molecule has 3 aromatic heterocycles. The summed E-state index contributed by atoms with van der Waals surface area (Å²) in [6, 6.07) is 8.16. The first-order valence-electron chi connectivity index (χ1n) is 13.8. The van der Waals surface area contributed by atoms with Gasteiger partial charge in [-0.05, 0) is 62.6 Å². The van der Waals surface area contributed by atoms with Gasteiger partial charge in [-0.1, -0.05) is 32.6 Å². The van der Waals surface area contributed by atoms with Crippen LogP contribution >= 0.6 is 0 Å². The number of nitrogens with two attached hydrogens (primary N) is 1. The number of pyridine rings is 2. The monoisotopic (exact) mass is 573 g/mol. The Balaban J connectivity index is 1.83. The first-order valence-corrected chi connectivity index (χ1v) is 13.8. The standard InChI is InChI=1S/C31H33F2N7O2/c1-7-25(41)39-18(5)14-38(15-19(39)6)29-21-13-23(33)27(20-10-8-9-11-22(20)32)36-30(21)40(31(42)37-29)28-17(4)12-24(34)35-26(28)16(2)3/h7-13,16,18-19H,1,14-15H2,2-6H3,(H2,34,35)/t18-,19+. The van der Waals surface area contributed by atoms with Crippen LogP contribution in [0.1, 0.15) is 44.9 Å². The van der Waals surface area contributed by atoms with Gasteiger partial charge in [-0.25, -0.2) is 28.1 Å². The van der Waals surface area contributed by atoms with E-state index >= 15 is 4.39 Å². The summed E-state index contributed by atoms with van der Waals surface area (Å²) in [5.41, 5.74) is 6.87. The minimum atomic E-state index is -0.765. The molecule has 1 fully saturated rings. The summed E-state index contributed by atoms with van der Waals surface area (Å²) < 4.78 is 32.0. The normalized spacial score (nSPS) is 17.2. The molecule has 2 N–H and O–H groups in total. The van der Waals surface area contributed by atoms with E-state index in [2.05, 4.69) is 21.5 Å². The summed E-state index contributed by atoms with van der Waals surface area (Å²) >= 11 is 0. The Morgan fingerprint density at radius 1 is 1.07 bits per heavy atom. The maximum atomic E-state index is 15.8. The number of rotatable bonds is 5. The van der Waals surface area contributed by atoms with Gasteiger partial charge < -0.3 is 15.5 Å². The Labute approximate surface area is 242 Å². The van der Waals surface area contributed by atoms with Gasteiger partial charge in [0, 0.05) is 30.7 Å². The second kappa shape index (κ2) is 11.0. The molecule has 0 spiro atoms. The van der Waals surface area contributed by atoms with E-state index in [9.17, 15) is 14.0 Å². The number of carbonyl (C=O) groups is 1. The van der Waals surface area contributed by atoms with Crippen molar-refractivity contribution in [3.63, 3.8) is 0 Å². The summed E-state index contributed by atoms with van der Waals surface area (Å²) in [5.74, 6) is -1.22. The van der Waals surface area contributed by atoms with Gasteiger partial charge in [-0.3, -0.25) is 4.79 Å². The van der Waals surface area contributed by atoms with Crippen molar-refractivity contribution >= 4 is 28.6 Å². The van der Waals surface area contributed by atoms with Crippen LogP contribution in [-0.4, -0.2) is 55.5 Å². The minimum absolute atomic E-state index is 0.0377. The highest BCUT2D eigenvalue weighted by atomic mass is 19.1. The van der Waals surface area contributed by atoms with E-state index in [1.807, 2.05) is 32.6 Å². The quantitative estimate of drug-likeness (QED) is 0.343. The molecular formula is C31H33F2N7O2. The number of carbonyl (C=O) groups excluding carboxylic acids is 1. The molecule has 4 heterocycles. The van der Waals surface area contributed by atoms with E-state index in [-0.39, 0.29) is 52.0 Å². The number of piperazine rings is 1. The van der Waals surface area contributed by atoms with Crippen molar-refractivity contribution in [2.45, 2.75) is 52.6 Å². The van der Waals surface area contributed by atoms with Crippen LogP contribution in [0, 0.1) is 18.6 Å². The molecule has 1 aromatic carbocycles. The summed E-state index contributed by atoms with van der Waals surface area (Å²) in [6.45, 7) is 13.7. The van der Waals surface area contributed by atoms with Gasteiger partial charge in [0.05, 0.1) is 16.8 Å². The van der Waals surface area contributed by atoms with Crippen LogP contribution in [0.2, 0.25) is 0 Å². The number of amides is 1. The SMILES string of the molecule is C=CC(=O)N1[C@H](C)CN(c2nc(=O)n(-c3c(C)cc(N)nc3C(C)C)c3nc(-c4ccccc4F)c(F)cc23)C[C@@H]1C. The maximum absolute atomic E-state index is 15.8. The fourth-order valence-electron chi connectivity index (χ4n) is 5.84. The summed E-state index contributed by atoms with van der Waals surface area (Å²) in [4.78, 5) is 43.6. The van der Waals surface area contributed by atoms with Gasteiger partial charge in [0.2, 0.25) is 5.91 Å². The highest BCUT2D eigenvalue weighted by molar-refractivity contribution is 5.91. The molecule has 1 saturated heterocycles. The molecule has 2 atom stereocenters. The first-order chi connectivity index (χ1) is 19.9. The van der Waals surface area contributed by atoms with Crippen molar-refractivity contribution in [2.75, 3.05) is 23.7 Å². The van der Waals surface area contributed by atoms with Gasteiger partial charge in [0.25, 0.3) is 0 Å². The smallest absolute Gasteiger partial charge is 0.355 e. The maximum Gasteiger partial charge on any atom is 0.355 e. The van der Waals surface area contributed by atoms with Crippen molar-refractivity contribution in [1.29, 1.82) is 0 Å². The topological polar surface area (TPSA) is 110 Å². The van der Waals surface area contributed by atoms with Crippen LogP contribution in [0.4, 0.5) is 20.4 Å². The summed E-state index contributed by atoms with van der Waals surface area (Å²) in [6.07, 6.45) is 1.27. The van der Waals surface area contributed by atoms with Crippen molar-refractivity contribution in [2.24, 2.45) is 0 Å². The van der Waals surface area contributed by atoms with Gasteiger partial charge in [0.15, 0.2) is 5.65 Å². The molecule has 1 aliphatic heterocycles. The number of aromatic nitrogens is 4. The number of nitrogens with zero attached hydrogens (tertiary/aromatic N) is 6. The third-order valence-electron chi connectivity index (χ3n) is 7.58. The number of aryl methyl sites for hydroxylation is 1.